The average Bonchev–Trinajstić information content (AvgIpc) is 2.07. The van der Waals surface area contributed by atoms with Gasteiger partial charge >= 0.3 is 0 Å². The van der Waals surface area contributed by atoms with E-state index in [2.05, 4.69) is 24.1 Å². The summed E-state index contributed by atoms with van der Waals surface area (Å²) in [5.41, 5.74) is 0. The molecule has 0 radical (unpaired) electrons. The Morgan fingerprint density at radius 1 is 1.54 bits per heavy atom. The molecule has 0 aliphatic carbocycles. The van der Waals surface area contributed by atoms with Gasteiger partial charge in [0.05, 0.1) is 6.61 Å². The monoisotopic (exact) mass is 186 g/mol. The molecule has 0 bridgehead atoms. The molecule has 0 spiro atoms. The molecule has 1 N–H and O–H groups in total. The van der Waals surface area contributed by atoms with Gasteiger partial charge in [0.25, 0.3) is 0 Å². The van der Waals surface area contributed by atoms with Gasteiger partial charge in [-0.3, -0.25) is 4.90 Å². The topological polar surface area (TPSA) is 24.5 Å². The molecule has 1 aliphatic rings. The highest BCUT2D eigenvalue weighted by molar-refractivity contribution is 4.86. The first-order chi connectivity index (χ1) is 6.29. The van der Waals surface area contributed by atoms with Gasteiger partial charge in [-0.05, 0) is 13.3 Å². The van der Waals surface area contributed by atoms with Crippen LogP contribution in [-0.4, -0.2) is 50.3 Å². The lowest BCUT2D eigenvalue weighted by atomic mass is 10.1. The van der Waals surface area contributed by atoms with Crippen LogP contribution in [0.4, 0.5) is 0 Å². The molecule has 1 fully saturated rings. The summed E-state index contributed by atoms with van der Waals surface area (Å²) < 4.78 is 5.12. The van der Waals surface area contributed by atoms with Crippen molar-refractivity contribution < 1.29 is 4.74 Å². The third-order valence-electron chi connectivity index (χ3n) is 2.94. The summed E-state index contributed by atoms with van der Waals surface area (Å²) in [6, 6.07) is 1.42. The van der Waals surface area contributed by atoms with E-state index in [1.807, 2.05) is 0 Å². The SMILES string of the molecule is CCC(C)N(CCOC)C1CNC1. The maximum Gasteiger partial charge on any atom is 0.0589 e. The molecule has 0 saturated carbocycles. The number of rotatable bonds is 6. The van der Waals surface area contributed by atoms with E-state index in [1.165, 1.54) is 6.42 Å². The molecular weight excluding hydrogens is 164 g/mol. The zero-order chi connectivity index (χ0) is 9.68. The Balaban J connectivity index is 2.33. The Kier molecular flexibility index (Phi) is 4.70. The molecule has 0 aromatic heterocycles. The van der Waals surface area contributed by atoms with Crippen LogP contribution < -0.4 is 5.32 Å². The highest BCUT2D eigenvalue weighted by Gasteiger charge is 2.26. The predicted molar refractivity (Wildman–Crippen MR) is 55.0 cm³/mol. The molecule has 78 valence electrons. The van der Waals surface area contributed by atoms with Crippen molar-refractivity contribution in [1.82, 2.24) is 10.2 Å². The molecule has 1 saturated heterocycles. The number of nitrogens with zero attached hydrogens (tertiary/aromatic N) is 1. The number of ether oxygens (including phenoxy) is 1. The second-order valence-corrected chi connectivity index (χ2v) is 3.80. The molecule has 0 aromatic carbocycles. The van der Waals surface area contributed by atoms with E-state index >= 15 is 0 Å². The summed E-state index contributed by atoms with van der Waals surface area (Å²) in [6.07, 6.45) is 1.22. The number of hydrogen-bond donors (Lipinski definition) is 1. The van der Waals surface area contributed by atoms with Gasteiger partial charge in [0.2, 0.25) is 0 Å². The Labute approximate surface area is 81.4 Å². The molecule has 1 rings (SSSR count). The number of nitrogens with one attached hydrogen (secondary N) is 1. The molecule has 1 unspecified atom stereocenters. The molecule has 3 nitrogen and oxygen atoms in total. The summed E-state index contributed by atoms with van der Waals surface area (Å²) in [5.74, 6) is 0. The van der Waals surface area contributed by atoms with Crippen LogP contribution in [0.5, 0.6) is 0 Å². The zero-order valence-corrected chi connectivity index (χ0v) is 9.05. The van der Waals surface area contributed by atoms with Crippen molar-refractivity contribution >= 4 is 0 Å². The maximum absolute atomic E-state index is 5.12. The van der Waals surface area contributed by atoms with Gasteiger partial charge in [-0.2, -0.15) is 0 Å². The quantitative estimate of drug-likeness (QED) is 0.661. The van der Waals surface area contributed by atoms with E-state index in [0.29, 0.717) is 6.04 Å². The second kappa shape index (κ2) is 5.58. The van der Waals surface area contributed by atoms with Crippen molar-refractivity contribution in [2.75, 3.05) is 33.4 Å². The first-order valence-electron chi connectivity index (χ1n) is 5.25. The fourth-order valence-electron chi connectivity index (χ4n) is 1.70. The Morgan fingerprint density at radius 3 is 2.62 bits per heavy atom. The summed E-state index contributed by atoms with van der Waals surface area (Å²) in [5, 5.41) is 3.31. The lowest BCUT2D eigenvalue weighted by Gasteiger charge is -2.41. The van der Waals surface area contributed by atoms with Crippen LogP contribution in [0.25, 0.3) is 0 Å². The normalized spacial score (nSPS) is 20.3. The van der Waals surface area contributed by atoms with E-state index in [0.717, 1.165) is 32.3 Å². The molecule has 13 heavy (non-hydrogen) atoms. The van der Waals surface area contributed by atoms with Crippen LogP contribution in [0.2, 0.25) is 0 Å². The van der Waals surface area contributed by atoms with E-state index in [-0.39, 0.29) is 0 Å². The highest BCUT2D eigenvalue weighted by atomic mass is 16.5. The van der Waals surface area contributed by atoms with Crippen molar-refractivity contribution in [3.8, 4) is 0 Å². The smallest absolute Gasteiger partial charge is 0.0589 e. The molecule has 1 aliphatic heterocycles. The van der Waals surface area contributed by atoms with Gasteiger partial charge in [-0.1, -0.05) is 6.92 Å². The highest BCUT2D eigenvalue weighted by Crippen LogP contribution is 2.11. The van der Waals surface area contributed by atoms with Crippen molar-refractivity contribution in [3.05, 3.63) is 0 Å². The van der Waals surface area contributed by atoms with Crippen LogP contribution in [0.3, 0.4) is 0 Å². The standard InChI is InChI=1S/C10H22N2O/c1-4-9(2)12(5-6-13-3)10-7-11-8-10/h9-11H,4-8H2,1-3H3. The van der Waals surface area contributed by atoms with Crippen LogP contribution >= 0.6 is 0 Å². The first-order valence-corrected chi connectivity index (χ1v) is 5.25. The fraction of sp³-hybridized carbons (Fsp3) is 1.00. The Morgan fingerprint density at radius 2 is 2.23 bits per heavy atom. The molecule has 1 heterocycles. The van der Waals surface area contributed by atoms with Crippen molar-refractivity contribution in [1.29, 1.82) is 0 Å². The van der Waals surface area contributed by atoms with Crippen LogP contribution in [0, 0.1) is 0 Å². The summed E-state index contributed by atoms with van der Waals surface area (Å²) in [6.45, 7) is 8.76. The summed E-state index contributed by atoms with van der Waals surface area (Å²) in [7, 11) is 1.77. The molecule has 0 amide bonds. The molecular formula is C10H22N2O. The zero-order valence-electron chi connectivity index (χ0n) is 9.05. The van der Waals surface area contributed by atoms with Crippen LogP contribution in [-0.2, 0) is 4.74 Å². The van der Waals surface area contributed by atoms with E-state index in [9.17, 15) is 0 Å². The minimum atomic E-state index is 0.683. The van der Waals surface area contributed by atoms with Crippen molar-refractivity contribution in [2.24, 2.45) is 0 Å². The summed E-state index contributed by atoms with van der Waals surface area (Å²) in [4.78, 5) is 2.56. The van der Waals surface area contributed by atoms with E-state index in [1.54, 1.807) is 7.11 Å². The van der Waals surface area contributed by atoms with Gasteiger partial charge in [-0.15, -0.1) is 0 Å². The lowest BCUT2D eigenvalue weighted by Crippen LogP contribution is -2.60. The van der Waals surface area contributed by atoms with Gasteiger partial charge in [0.15, 0.2) is 0 Å². The second-order valence-electron chi connectivity index (χ2n) is 3.80. The molecule has 3 heteroatoms. The van der Waals surface area contributed by atoms with Crippen molar-refractivity contribution in [2.45, 2.75) is 32.4 Å². The van der Waals surface area contributed by atoms with Gasteiger partial charge in [-0.25, -0.2) is 0 Å². The number of hydrogen-bond acceptors (Lipinski definition) is 3. The largest absolute Gasteiger partial charge is 0.383 e. The van der Waals surface area contributed by atoms with Crippen LogP contribution in [0.1, 0.15) is 20.3 Å². The first kappa shape index (κ1) is 11.0. The predicted octanol–water partition coefficient (Wildman–Crippen LogP) is 0.705. The fourth-order valence-corrected chi connectivity index (χ4v) is 1.70. The van der Waals surface area contributed by atoms with E-state index < -0.39 is 0 Å². The van der Waals surface area contributed by atoms with Gasteiger partial charge < -0.3 is 10.1 Å². The Hall–Kier alpha value is -0.120. The number of methoxy groups -OCH3 is 1. The Bertz CT molecular complexity index is 132. The van der Waals surface area contributed by atoms with Crippen LogP contribution in [0.15, 0.2) is 0 Å². The minimum Gasteiger partial charge on any atom is -0.383 e. The molecule has 0 aromatic rings. The maximum atomic E-state index is 5.12. The van der Waals surface area contributed by atoms with Gasteiger partial charge in [0, 0.05) is 38.8 Å². The van der Waals surface area contributed by atoms with Crippen molar-refractivity contribution in [3.63, 3.8) is 0 Å². The van der Waals surface area contributed by atoms with Gasteiger partial charge in [0.1, 0.15) is 0 Å². The third-order valence-corrected chi connectivity index (χ3v) is 2.94. The molecule has 1 atom stereocenters. The lowest BCUT2D eigenvalue weighted by molar-refractivity contribution is 0.0650. The third kappa shape index (κ3) is 2.93. The minimum absolute atomic E-state index is 0.683. The van der Waals surface area contributed by atoms with E-state index in [4.69, 9.17) is 4.74 Å². The average molecular weight is 186 g/mol. The summed E-state index contributed by atoms with van der Waals surface area (Å²) >= 11 is 0.